The third-order valence-corrected chi connectivity index (χ3v) is 3.93. The molecule has 0 saturated heterocycles. The van der Waals surface area contributed by atoms with E-state index in [-0.39, 0.29) is 30.3 Å². The smallest absolute Gasteiger partial charge is 0.237 e. The number of halogens is 1. The topological polar surface area (TPSA) is 55.1 Å². The molecule has 18 heavy (non-hydrogen) atoms. The fourth-order valence-corrected chi connectivity index (χ4v) is 2.47. The summed E-state index contributed by atoms with van der Waals surface area (Å²) in [5.74, 6) is 0.187. The Labute approximate surface area is 120 Å². The highest BCUT2D eigenvalue weighted by Crippen LogP contribution is 2.11. The van der Waals surface area contributed by atoms with Crippen molar-refractivity contribution < 1.29 is 4.79 Å². The number of rotatable bonds is 6. The highest BCUT2D eigenvalue weighted by Gasteiger charge is 2.20. The normalized spacial score (nSPS) is 15.3. The van der Waals surface area contributed by atoms with Crippen molar-refractivity contribution in [3.63, 3.8) is 0 Å². The first-order chi connectivity index (χ1) is 8.04. The van der Waals surface area contributed by atoms with E-state index in [4.69, 9.17) is 5.73 Å². The number of thiophene rings is 1. The highest BCUT2D eigenvalue weighted by atomic mass is 35.5. The first-order valence-corrected chi connectivity index (χ1v) is 7.00. The van der Waals surface area contributed by atoms with Gasteiger partial charge in [-0.25, -0.2) is 0 Å². The third-order valence-electron chi connectivity index (χ3n) is 3.04. The maximum absolute atomic E-state index is 11.8. The number of carbonyl (C=O) groups excluding carboxylic acids is 1. The van der Waals surface area contributed by atoms with Crippen LogP contribution in [0.3, 0.4) is 0 Å². The predicted octanol–water partition coefficient (Wildman–Crippen LogP) is 2.59. The van der Waals surface area contributed by atoms with E-state index in [0.717, 1.165) is 12.8 Å². The first kappa shape index (κ1) is 17.4. The van der Waals surface area contributed by atoms with Gasteiger partial charge in [-0.2, -0.15) is 0 Å². The molecular weight excluding hydrogens is 268 g/mol. The van der Waals surface area contributed by atoms with E-state index in [2.05, 4.69) is 16.8 Å². The average Bonchev–Trinajstić information content (AvgIpc) is 2.79. The van der Waals surface area contributed by atoms with E-state index in [1.807, 2.05) is 26.8 Å². The molecule has 0 spiro atoms. The third kappa shape index (κ3) is 5.38. The molecule has 0 aliphatic carbocycles. The van der Waals surface area contributed by atoms with E-state index in [1.54, 1.807) is 11.3 Å². The van der Waals surface area contributed by atoms with Crippen LogP contribution in [0.2, 0.25) is 0 Å². The van der Waals surface area contributed by atoms with E-state index in [0.29, 0.717) is 0 Å². The Kier molecular flexibility index (Phi) is 8.24. The zero-order chi connectivity index (χ0) is 12.8. The minimum atomic E-state index is -0.397. The molecule has 0 saturated carbocycles. The Bertz CT molecular complexity index is 343. The Balaban J connectivity index is 0.00000289. The molecule has 0 bridgehead atoms. The van der Waals surface area contributed by atoms with Gasteiger partial charge in [-0.3, -0.25) is 4.79 Å². The molecule has 3 atom stereocenters. The standard InChI is InChI=1S/C13H22N2OS.ClH/c1-4-9(2)12(14)13(16)15-10(3)8-11-6-5-7-17-11;/h5-7,9-10,12H,4,8,14H2,1-3H3,(H,15,16);1H. The van der Waals surface area contributed by atoms with Crippen molar-refractivity contribution in [2.75, 3.05) is 0 Å². The fraction of sp³-hybridized carbons (Fsp3) is 0.615. The number of carbonyl (C=O) groups is 1. The maximum Gasteiger partial charge on any atom is 0.237 e. The molecule has 3 nitrogen and oxygen atoms in total. The Morgan fingerprint density at radius 1 is 1.50 bits per heavy atom. The van der Waals surface area contributed by atoms with Gasteiger partial charge >= 0.3 is 0 Å². The molecule has 0 aliphatic rings. The van der Waals surface area contributed by atoms with Gasteiger partial charge in [-0.05, 0) is 24.3 Å². The van der Waals surface area contributed by atoms with E-state index in [1.165, 1.54) is 4.88 Å². The lowest BCUT2D eigenvalue weighted by Gasteiger charge is -2.20. The van der Waals surface area contributed by atoms with Crippen molar-refractivity contribution in [2.45, 2.75) is 45.7 Å². The van der Waals surface area contributed by atoms with Crippen molar-refractivity contribution in [1.82, 2.24) is 5.32 Å². The second-order valence-corrected chi connectivity index (χ2v) is 5.64. The minimum absolute atomic E-state index is 0. The van der Waals surface area contributed by atoms with Crippen LogP contribution < -0.4 is 11.1 Å². The Morgan fingerprint density at radius 2 is 2.17 bits per heavy atom. The predicted molar refractivity (Wildman–Crippen MR) is 80.3 cm³/mol. The zero-order valence-electron chi connectivity index (χ0n) is 11.2. The van der Waals surface area contributed by atoms with Gasteiger partial charge in [-0.1, -0.05) is 26.3 Å². The molecule has 0 aromatic carbocycles. The summed E-state index contributed by atoms with van der Waals surface area (Å²) in [4.78, 5) is 13.1. The van der Waals surface area contributed by atoms with Crippen molar-refractivity contribution in [3.05, 3.63) is 22.4 Å². The summed E-state index contributed by atoms with van der Waals surface area (Å²) in [5, 5.41) is 5.03. The van der Waals surface area contributed by atoms with Gasteiger partial charge in [0.1, 0.15) is 0 Å². The highest BCUT2D eigenvalue weighted by molar-refractivity contribution is 7.09. The number of amides is 1. The van der Waals surface area contributed by atoms with Crippen LogP contribution in [0.4, 0.5) is 0 Å². The van der Waals surface area contributed by atoms with Crippen LogP contribution in [-0.2, 0) is 11.2 Å². The van der Waals surface area contributed by atoms with E-state index < -0.39 is 6.04 Å². The fourth-order valence-electron chi connectivity index (χ4n) is 1.63. The molecule has 1 heterocycles. The lowest BCUT2D eigenvalue weighted by molar-refractivity contribution is -0.124. The lowest BCUT2D eigenvalue weighted by Crippen LogP contribution is -2.48. The molecule has 5 heteroatoms. The van der Waals surface area contributed by atoms with Crippen molar-refractivity contribution in [3.8, 4) is 0 Å². The van der Waals surface area contributed by atoms with Crippen molar-refractivity contribution in [2.24, 2.45) is 11.7 Å². The summed E-state index contributed by atoms with van der Waals surface area (Å²) in [5.41, 5.74) is 5.88. The molecule has 1 rings (SSSR count). The van der Waals surface area contributed by atoms with Crippen LogP contribution in [-0.4, -0.2) is 18.0 Å². The largest absolute Gasteiger partial charge is 0.352 e. The molecule has 104 valence electrons. The van der Waals surface area contributed by atoms with Crippen LogP contribution in [0, 0.1) is 5.92 Å². The first-order valence-electron chi connectivity index (χ1n) is 6.13. The van der Waals surface area contributed by atoms with Crippen molar-refractivity contribution in [1.29, 1.82) is 0 Å². The summed E-state index contributed by atoms with van der Waals surface area (Å²) in [7, 11) is 0. The van der Waals surface area contributed by atoms with Gasteiger partial charge < -0.3 is 11.1 Å². The second-order valence-electron chi connectivity index (χ2n) is 4.60. The van der Waals surface area contributed by atoms with Gasteiger partial charge in [0.05, 0.1) is 6.04 Å². The van der Waals surface area contributed by atoms with Crippen LogP contribution in [0.15, 0.2) is 17.5 Å². The molecule has 3 N–H and O–H groups in total. The molecule has 1 aromatic heterocycles. The Hall–Kier alpha value is -0.580. The van der Waals surface area contributed by atoms with Crippen LogP contribution in [0.5, 0.6) is 0 Å². The Morgan fingerprint density at radius 3 is 2.67 bits per heavy atom. The van der Waals surface area contributed by atoms with E-state index in [9.17, 15) is 4.79 Å². The van der Waals surface area contributed by atoms with E-state index >= 15 is 0 Å². The summed E-state index contributed by atoms with van der Waals surface area (Å²) in [6, 6.07) is 3.85. The molecule has 3 unspecified atom stereocenters. The molecule has 0 fully saturated rings. The maximum atomic E-state index is 11.8. The van der Waals surface area contributed by atoms with Crippen LogP contribution in [0.25, 0.3) is 0 Å². The zero-order valence-corrected chi connectivity index (χ0v) is 12.8. The monoisotopic (exact) mass is 290 g/mol. The second kappa shape index (κ2) is 8.51. The van der Waals surface area contributed by atoms with Gasteiger partial charge in [0, 0.05) is 17.3 Å². The van der Waals surface area contributed by atoms with Gasteiger partial charge in [-0.15, -0.1) is 23.7 Å². The summed E-state index contributed by atoms with van der Waals surface area (Å²) in [6.45, 7) is 6.07. The summed E-state index contributed by atoms with van der Waals surface area (Å²) in [6.07, 6.45) is 1.80. The minimum Gasteiger partial charge on any atom is -0.352 e. The van der Waals surface area contributed by atoms with Crippen LogP contribution in [0.1, 0.15) is 32.1 Å². The summed E-state index contributed by atoms with van der Waals surface area (Å²) >= 11 is 1.71. The average molecular weight is 291 g/mol. The molecule has 1 amide bonds. The molecule has 0 aliphatic heterocycles. The quantitative estimate of drug-likeness (QED) is 0.846. The summed E-state index contributed by atoms with van der Waals surface area (Å²) < 4.78 is 0. The lowest BCUT2D eigenvalue weighted by atomic mass is 9.99. The molecule has 1 aromatic rings. The van der Waals surface area contributed by atoms with Crippen molar-refractivity contribution >= 4 is 29.7 Å². The SMILES string of the molecule is CCC(C)C(N)C(=O)NC(C)Cc1cccs1.Cl. The van der Waals surface area contributed by atoms with Gasteiger partial charge in [0.15, 0.2) is 0 Å². The molecule has 0 radical (unpaired) electrons. The number of hydrogen-bond acceptors (Lipinski definition) is 3. The number of nitrogens with one attached hydrogen (secondary N) is 1. The molecular formula is C13H23ClN2OS. The number of hydrogen-bond donors (Lipinski definition) is 2. The van der Waals surface area contributed by atoms with Gasteiger partial charge in [0.2, 0.25) is 5.91 Å². The van der Waals surface area contributed by atoms with Crippen LogP contribution >= 0.6 is 23.7 Å². The van der Waals surface area contributed by atoms with Gasteiger partial charge in [0.25, 0.3) is 0 Å². The number of nitrogens with two attached hydrogens (primary N) is 1.